The van der Waals surface area contributed by atoms with Crippen LogP contribution in [0, 0.1) is 0 Å². The summed E-state index contributed by atoms with van der Waals surface area (Å²) in [5, 5.41) is 3.43. The Morgan fingerprint density at radius 1 is 1.29 bits per heavy atom. The van der Waals surface area contributed by atoms with Crippen LogP contribution in [0.3, 0.4) is 0 Å². The van der Waals surface area contributed by atoms with E-state index in [1.807, 2.05) is 0 Å². The van der Waals surface area contributed by atoms with Crippen molar-refractivity contribution >= 4 is 0 Å². The summed E-state index contributed by atoms with van der Waals surface area (Å²) in [5.74, 6) is 0. The van der Waals surface area contributed by atoms with E-state index >= 15 is 0 Å². The van der Waals surface area contributed by atoms with Crippen LogP contribution in [-0.2, 0) is 11.2 Å². The van der Waals surface area contributed by atoms with Crippen molar-refractivity contribution in [1.82, 2.24) is 5.32 Å². The third kappa shape index (κ3) is 1.35. The minimum absolute atomic E-state index is 0.333. The van der Waals surface area contributed by atoms with Gasteiger partial charge in [0.2, 0.25) is 0 Å². The van der Waals surface area contributed by atoms with E-state index in [0.29, 0.717) is 12.2 Å². The van der Waals surface area contributed by atoms with Crippen molar-refractivity contribution in [1.29, 1.82) is 0 Å². The molecule has 1 fully saturated rings. The van der Waals surface area contributed by atoms with Gasteiger partial charge in [0.1, 0.15) is 0 Å². The molecule has 0 radical (unpaired) electrons. The summed E-state index contributed by atoms with van der Waals surface area (Å²) in [5.41, 5.74) is 2.89. The Labute approximate surface area is 84.3 Å². The van der Waals surface area contributed by atoms with Gasteiger partial charge in [0.05, 0.1) is 12.2 Å². The first-order chi connectivity index (χ1) is 6.93. The van der Waals surface area contributed by atoms with E-state index in [1.165, 1.54) is 11.1 Å². The van der Waals surface area contributed by atoms with E-state index in [4.69, 9.17) is 4.74 Å². The van der Waals surface area contributed by atoms with Crippen molar-refractivity contribution in [2.75, 3.05) is 13.1 Å². The lowest BCUT2D eigenvalue weighted by atomic mass is 9.93. The van der Waals surface area contributed by atoms with Crippen LogP contribution in [0.5, 0.6) is 0 Å². The van der Waals surface area contributed by atoms with Crippen LogP contribution in [0.4, 0.5) is 0 Å². The average Bonchev–Trinajstić information content (AvgIpc) is 2.41. The van der Waals surface area contributed by atoms with Crippen molar-refractivity contribution in [2.24, 2.45) is 0 Å². The number of fused-ring (bicyclic) bond motifs is 4. The molecule has 0 unspecified atom stereocenters. The van der Waals surface area contributed by atoms with Gasteiger partial charge in [-0.2, -0.15) is 0 Å². The lowest BCUT2D eigenvalue weighted by molar-refractivity contribution is -0.0142. The quantitative estimate of drug-likeness (QED) is 0.670. The summed E-state index contributed by atoms with van der Waals surface area (Å²) in [6.45, 7) is 2.08. The highest BCUT2D eigenvalue weighted by Crippen LogP contribution is 2.33. The number of benzene rings is 1. The first kappa shape index (κ1) is 8.45. The van der Waals surface area contributed by atoms with E-state index in [0.717, 1.165) is 25.9 Å². The van der Waals surface area contributed by atoms with Crippen LogP contribution >= 0.6 is 0 Å². The largest absolute Gasteiger partial charge is 0.369 e. The fourth-order valence-corrected chi connectivity index (χ4v) is 2.47. The predicted octanol–water partition coefficient (Wildman–Crippen LogP) is 1.66. The predicted molar refractivity (Wildman–Crippen MR) is 55.2 cm³/mol. The first-order valence-electron chi connectivity index (χ1n) is 5.37. The van der Waals surface area contributed by atoms with Crippen LogP contribution in [0.15, 0.2) is 24.3 Å². The minimum atomic E-state index is 0.333. The summed E-state index contributed by atoms with van der Waals surface area (Å²) in [4.78, 5) is 0. The van der Waals surface area contributed by atoms with Gasteiger partial charge < -0.3 is 10.1 Å². The van der Waals surface area contributed by atoms with Crippen LogP contribution in [0.1, 0.15) is 23.7 Å². The summed E-state index contributed by atoms with van der Waals surface area (Å²) in [6.07, 6.45) is 2.89. The van der Waals surface area contributed by atoms with Gasteiger partial charge in [-0.1, -0.05) is 24.3 Å². The molecule has 1 aromatic carbocycles. The minimum Gasteiger partial charge on any atom is -0.369 e. The molecule has 1 aromatic rings. The highest BCUT2D eigenvalue weighted by Gasteiger charge is 2.28. The van der Waals surface area contributed by atoms with Gasteiger partial charge >= 0.3 is 0 Å². The molecule has 2 aliphatic rings. The molecule has 0 aromatic heterocycles. The molecule has 3 rings (SSSR count). The monoisotopic (exact) mass is 189 g/mol. The van der Waals surface area contributed by atoms with Crippen LogP contribution < -0.4 is 5.32 Å². The number of hydrogen-bond acceptors (Lipinski definition) is 2. The molecule has 2 heterocycles. The standard InChI is InChI=1S/C12H15NO/c1-2-4-11-9(3-1)7-10-8-13-6-5-12(11)14-10/h1-4,10,12-13H,5-8H2/t10-,12-/m1/s1. The summed E-state index contributed by atoms with van der Waals surface area (Å²) in [7, 11) is 0. The van der Waals surface area contributed by atoms with Crippen LogP contribution in [0.25, 0.3) is 0 Å². The molecule has 0 amide bonds. The Kier molecular flexibility index (Phi) is 2.03. The Balaban J connectivity index is 2.01. The summed E-state index contributed by atoms with van der Waals surface area (Å²) < 4.78 is 6.01. The molecule has 14 heavy (non-hydrogen) atoms. The maximum absolute atomic E-state index is 6.01. The average molecular weight is 189 g/mol. The lowest BCUT2D eigenvalue weighted by Gasteiger charge is -2.29. The second kappa shape index (κ2) is 3.37. The molecule has 2 nitrogen and oxygen atoms in total. The molecule has 74 valence electrons. The smallest absolute Gasteiger partial charge is 0.0844 e. The van der Waals surface area contributed by atoms with Gasteiger partial charge in [0, 0.05) is 13.0 Å². The third-order valence-corrected chi connectivity index (χ3v) is 3.16. The molecule has 0 spiro atoms. The van der Waals surface area contributed by atoms with Crippen molar-refractivity contribution in [3.63, 3.8) is 0 Å². The van der Waals surface area contributed by atoms with Gasteiger partial charge in [-0.25, -0.2) is 0 Å². The maximum atomic E-state index is 6.01. The Morgan fingerprint density at radius 2 is 2.21 bits per heavy atom. The lowest BCUT2D eigenvalue weighted by Crippen LogP contribution is -2.30. The van der Waals surface area contributed by atoms with Crippen molar-refractivity contribution in [2.45, 2.75) is 25.0 Å². The van der Waals surface area contributed by atoms with Crippen LogP contribution in [0.2, 0.25) is 0 Å². The normalized spacial score (nSPS) is 30.6. The zero-order chi connectivity index (χ0) is 9.38. The molecule has 1 saturated heterocycles. The van der Waals surface area contributed by atoms with Crippen molar-refractivity contribution < 1.29 is 4.74 Å². The Bertz CT molecular complexity index is 337. The molecule has 2 heteroatoms. The fourth-order valence-electron chi connectivity index (χ4n) is 2.47. The first-order valence-corrected chi connectivity index (χ1v) is 5.37. The molecule has 2 bridgehead atoms. The maximum Gasteiger partial charge on any atom is 0.0844 e. The Morgan fingerprint density at radius 3 is 3.21 bits per heavy atom. The number of hydrogen-bond donors (Lipinski definition) is 1. The topological polar surface area (TPSA) is 21.3 Å². The van der Waals surface area contributed by atoms with E-state index in [9.17, 15) is 0 Å². The summed E-state index contributed by atoms with van der Waals surface area (Å²) >= 11 is 0. The second-order valence-corrected chi connectivity index (χ2v) is 4.14. The van der Waals surface area contributed by atoms with Gasteiger partial charge in [-0.15, -0.1) is 0 Å². The fraction of sp³-hybridized carbons (Fsp3) is 0.500. The van der Waals surface area contributed by atoms with Gasteiger partial charge in [0.25, 0.3) is 0 Å². The van der Waals surface area contributed by atoms with Gasteiger partial charge in [0.15, 0.2) is 0 Å². The van der Waals surface area contributed by atoms with Gasteiger partial charge in [-0.05, 0) is 24.1 Å². The molecular formula is C12H15NO. The molecule has 0 saturated carbocycles. The number of nitrogens with one attached hydrogen (secondary N) is 1. The van der Waals surface area contributed by atoms with Crippen LogP contribution in [-0.4, -0.2) is 19.2 Å². The highest BCUT2D eigenvalue weighted by molar-refractivity contribution is 5.32. The van der Waals surface area contributed by atoms with E-state index < -0.39 is 0 Å². The van der Waals surface area contributed by atoms with E-state index in [2.05, 4.69) is 29.6 Å². The highest BCUT2D eigenvalue weighted by atomic mass is 16.5. The summed E-state index contributed by atoms with van der Waals surface area (Å²) in [6, 6.07) is 8.69. The Hall–Kier alpha value is -0.860. The number of ether oxygens (including phenoxy) is 1. The molecule has 1 N–H and O–H groups in total. The molecule has 2 atom stereocenters. The van der Waals surface area contributed by atoms with E-state index in [-0.39, 0.29) is 0 Å². The zero-order valence-electron chi connectivity index (χ0n) is 8.20. The number of rotatable bonds is 0. The third-order valence-electron chi connectivity index (χ3n) is 3.16. The second-order valence-electron chi connectivity index (χ2n) is 4.14. The zero-order valence-corrected chi connectivity index (χ0v) is 8.20. The molecule has 0 aliphatic carbocycles. The molecule has 2 aliphatic heterocycles. The van der Waals surface area contributed by atoms with Crippen molar-refractivity contribution in [3.05, 3.63) is 35.4 Å². The van der Waals surface area contributed by atoms with E-state index in [1.54, 1.807) is 0 Å². The van der Waals surface area contributed by atoms with Crippen molar-refractivity contribution in [3.8, 4) is 0 Å². The van der Waals surface area contributed by atoms with Gasteiger partial charge in [-0.3, -0.25) is 0 Å². The molecular weight excluding hydrogens is 174 g/mol. The SMILES string of the molecule is c1ccc2c(c1)C[C@@H]1CNCC[C@H]2O1.